The van der Waals surface area contributed by atoms with E-state index in [1.165, 1.54) is 24.8 Å². The Morgan fingerprint density at radius 3 is 2.33 bits per heavy atom. The molecule has 1 aliphatic heterocycles. The Morgan fingerprint density at radius 1 is 1.10 bits per heavy atom. The van der Waals surface area contributed by atoms with E-state index in [1.54, 1.807) is 5.56 Å². The Kier molecular flexibility index (Phi) is 4.37. The van der Waals surface area contributed by atoms with Crippen LogP contribution in [0.5, 0.6) is 0 Å². The fraction of sp³-hybridized carbons (Fsp3) is 0.684. The zero-order valence-corrected chi connectivity index (χ0v) is 13.8. The van der Waals surface area contributed by atoms with Gasteiger partial charge in [-0.3, -0.25) is 0 Å². The second-order valence-electron chi connectivity index (χ2n) is 7.01. The van der Waals surface area contributed by atoms with Crippen LogP contribution in [0.25, 0.3) is 0 Å². The molecule has 116 valence electrons. The van der Waals surface area contributed by atoms with E-state index < -0.39 is 0 Å². The van der Waals surface area contributed by atoms with E-state index in [9.17, 15) is 0 Å². The van der Waals surface area contributed by atoms with Crippen LogP contribution in [0, 0.1) is 11.8 Å². The van der Waals surface area contributed by atoms with E-state index in [-0.39, 0.29) is 0 Å². The van der Waals surface area contributed by atoms with Crippen molar-refractivity contribution in [3.8, 4) is 0 Å². The summed E-state index contributed by atoms with van der Waals surface area (Å²) in [5.41, 5.74) is 3.08. The lowest BCUT2D eigenvalue weighted by molar-refractivity contribution is 0.0477. The lowest BCUT2D eigenvalue weighted by Crippen LogP contribution is -2.34. The Labute approximate surface area is 129 Å². The molecule has 2 aliphatic rings. The fourth-order valence-electron chi connectivity index (χ4n) is 4.31. The molecule has 1 heterocycles. The van der Waals surface area contributed by atoms with Crippen molar-refractivity contribution in [3.63, 3.8) is 0 Å². The molecular weight excluding hydrogens is 258 g/mol. The predicted octanol–water partition coefficient (Wildman–Crippen LogP) is 4.27. The van der Waals surface area contributed by atoms with E-state index in [0.717, 1.165) is 5.92 Å². The molecule has 2 heteroatoms. The first-order chi connectivity index (χ1) is 10.1. The van der Waals surface area contributed by atoms with Crippen LogP contribution >= 0.6 is 0 Å². The molecule has 0 radical (unpaired) electrons. The first-order valence-electron chi connectivity index (χ1n) is 8.55. The maximum Gasteiger partial charge on any atom is 0.0600 e. The number of rotatable bonds is 4. The molecule has 1 saturated heterocycles. The van der Waals surface area contributed by atoms with Crippen molar-refractivity contribution in [2.24, 2.45) is 11.8 Å². The van der Waals surface area contributed by atoms with Crippen LogP contribution in [0.3, 0.4) is 0 Å². The van der Waals surface area contributed by atoms with Crippen molar-refractivity contribution in [2.75, 3.05) is 7.05 Å². The molecular formula is C19H29NO. The highest BCUT2D eigenvalue weighted by Crippen LogP contribution is 2.45. The van der Waals surface area contributed by atoms with Gasteiger partial charge in [0.15, 0.2) is 0 Å². The lowest BCUT2D eigenvalue weighted by Gasteiger charge is -2.34. The van der Waals surface area contributed by atoms with Crippen molar-refractivity contribution < 1.29 is 4.74 Å². The van der Waals surface area contributed by atoms with Gasteiger partial charge in [-0.2, -0.15) is 0 Å². The van der Waals surface area contributed by atoms with Gasteiger partial charge in [0.2, 0.25) is 0 Å². The molecule has 5 unspecified atom stereocenters. The highest BCUT2D eigenvalue weighted by atomic mass is 16.5. The minimum Gasteiger partial charge on any atom is -0.375 e. The number of hydrogen-bond donors (Lipinski definition) is 1. The normalized spacial score (nSPS) is 34.7. The van der Waals surface area contributed by atoms with Crippen molar-refractivity contribution >= 4 is 0 Å². The third-order valence-corrected chi connectivity index (χ3v) is 5.89. The van der Waals surface area contributed by atoms with Gasteiger partial charge < -0.3 is 10.1 Å². The average molecular weight is 287 g/mol. The smallest absolute Gasteiger partial charge is 0.0600 e. The van der Waals surface area contributed by atoms with E-state index in [0.29, 0.717) is 30.1 Å². The van der Waals surface area contributed by atoms with Gasteiger partial charge in [-0.05, 0) is 56.7 Å². The molecule has 1 aromatic rings. The number of hydrogen-bond acceptors (Lipinski definition) is 2. The first kappa shape index (κ1) is 15.1. The molecule has 0 bridgehead atoms. The van der Waals surface area contributed by atoms with Gasteiger partial charge >= 0.3 is 0 Å². The van der Waals surface area contributed by atoms with Crippen LogP contribution in [0.1, 0.15) is 63.1 Å². The predicted molar refractivity (Wildman–Crippen MR) is 87.5 cm³/mol. The molecule has 5 atom stereocenters. The topological polar surface area (TPSA) is 21.3 Å². The summed E-state index contributed by atoms with van der Waals surface area (Å²) in [7, 11) is 2.10. The Balaban J connectivity index is 1.93. The summed E-state index contributed by atoms with van der Waals surface area (Å²) in [6, 6.07) is 9.47. The van der Waals surface area contributed by atoms with Crippen molar-refractivity contribution in [2.45, 2.75) is 64.2 Å². The van der Waals surface area contributed by atoms with Gasteiger partial charge in [-0.15, -0.1) is 0 Å². The maximum absolute atomic E-state index is 6.09. The summed E-state index contributed by atoms with van der Waals surface area (Å²) in [5, 5.41) is 3.61. The summed E-state index contributed by atoms with van der Waals surface area (Å²) >= 11 is 0. The second kappa shape index (κ2) is 6.10. The molecule has 3 rings (SSSR count). The van der Waals surface area contributed by atoms with Gasteiger partial charge in [0.25, 0.3) is 0 Å². The van der Waals surface area contributed by atoms with Crippen molar-refractivity contribution in [1.29, 1.82) is 0 Å². The summed E-state index contributed by atoms with van der Waals surface area (Å²) in [4.78, 5) is 0. The van der Waals surface area contributed by atoms with Crippen molar-refractivity contribution in [1.82, 2.24) is 5.32 Å². The molecule has 1 aliphatic carbocycles. The molecule has 0 spiro atoms. The summed E-state index contributed by atoms with van der Waals surface area (Å²) in [6.45, 7) is 6.79. The quantitative estimate of drug-likeness (QED) is 0.892. The van der Waals surface area contributed by atoms with Crippen LogP contribution in [-0.4, -0.2) is 19.3 Å². The SMILES string of the molecule is CNC(c1ccccc1C1CCC1)C1C(C)OC(C)C1C. The van der Waals surface area contributed by atoms with Gasteiger partial charge in [0, 0.05) is 12.0 Å². The Bertz CT molecular complexity index is 482. The van der Waals surface area contributed by atoms with Crippen molar-refractivity contribution in [3.05, 3.63) is 35.4 Å². The summed E-state index contributed by atoms with van der Waals surface area (Å²) < 4.78 is 6.09. The third kappa shape index (κ3) is 2.64. The average Bonchev–Trinajstić information content (AvgIpc) is 2.66. The molecule has 2 fully saturated rings. The van der Waals surface area contributed by atoms with Gasteiger partial charge in [-0.25, -0.2) is 0 Å². The van der Waals surface area contributed by atoms with Gasteiger partial charge in [0.05, 0.1) is 12.2 Å². The highest BCUT2D eigenvalue weighted by Gasteiger charge is 2.42. The van der Waals surface area contributed by atoms with E-state index in [2.05, 4.69) is 57.4 Å². The van der Waals surface area contributed by atoms with E-state index in [4.69, 9.17) is 4.74 Å². The maximum atomic E-state index is 6.09. The standard InChI is InChI=1S/C19H29NO/c1-12-13(2)21-14(3)18(12)19(20-4)17-11-6-5-10-16(17)15-8-7-9-15/h5-6,10-15,18-20H,7-9H2,1-4H3. The molecule has 1 N–H and O–H groups in total. The van der Waals surface area contributed by atoms with Crippen LogP contribution < -0.4 is 5.32 Å². The Hall–Kier alpha value is -0.860. The zero-order chi connectivity index (χ0) is 15.0. The molecule has 21 heavy (non-hydrogen) atoms. The number of ether oxygens (including phenoxy) is 1. The molecule has 1 saturated carbocycles. The van der Waals surface area contributed by atoms with Crippen LogP contribution in [-0.2, 0) is 4.74 Å². The van der Waals surface area contributed by atoms with Crippen LogP contribution in [0.2, 0.25) is 0 Å². The molecule has 1 aromatic carbocycles. The highest BCUT2D eigenvalue weighted by molar-refractivity contribution is 5.35. The van der Waals surface area contributed by atoms with Crippen LogP contribution in [0.15, 0.2) is 24.3 Å². The molecule has 0 amide bonds. The second-order valence-corrected chi connectivity index (χ2v) is 7.01. The van der Waals surface area contributed by atoms with Gasteiger partial charge in [0.1, 0.15) is 0 Å². The van der Waals surface area contributed by atoms with Gasteiger partial charge in [-0.1, -0.05) is 37.6 Å². The monoisotopic (exact) mass is 287 g/mol. The lowest BCUT2D eigenvalue weighted by atomic mass is 9.73. The van der Waals surface area contributed by atoms with Crippen LogP contribution in [0.4, 0.5) is 0 Å². The van der Waals surface area contributed by atoms with E-state index in [1.807, 2.05) is 0 Å². The summed E-state index contributed by atoms with van der Waals surface area (Å²) in [5.74, 6) is 1.92. The third-order valence-electron chi connectivity index (χ3n) is 5.89. The number of benzene rings is 1. The first-order valence-corrected chi connectivity index (χ1v) is 8.55. The molecule has 2 nitrogen and oxygen atoms in total. The summed E-state index contributed by atoms with van der Waals surface area (Å²) in [6.07, 6.45) is 4.78. The van der Waals surface area contributed by atoms with E-state index >= 15 is 0 Å². The minimum absolute atomic E-state index is 0.321. The zero-order valence-electron chi connectivity index (χ0n) is 13.8. The Morgan fingerprint density at radius 2 is 1.81 bits per heavy atom. The largest absolute Gasteiger partial charge is 0.375 e. The number of nitrogens with one attached hydrogen (secondary N) is 1. The molecule has 0 aromatic heterocycles. The fourth-order valence-corrected chi connectivity index (χ4v) is 4.31. The minimum atomic E-state index is 0.321.